The van der Waals surface area contributed by atoms with Gasteiger partial charge in [-0.3, -0.25) is 9.59 Å². The highest BCUT2D eigenvalue weighted by Gasteiger charge is 2.18. The molecule has 136 valence electrons. The van der Waals surface area contributed by atoms with Crippen LogP contribution in [0.5, 0.6) is 0 Å². The Balaban J connectivity index is 1.55. The Labute approximate surface area is 161 Å². The molecule has 2 aromatic carbocycles. The number of hydrogen-bond donors (Lipinski definition) is 1. The molecule has 2 heterocycles. The number of carbonyl (C=O) groups excluding carboxylic acids is 2. The average Bonchev–Trinajstić information content (AvgIpc) is 3.31. The number of methoxy groups -OCH3 is 1. The van der Waals surface area contributed by atoms with Crippen LogP contribution >= 0.6 is 11.3 Å². The second-order valence-corrected chi connectivity index (χ2v) is 7.27. The second-order valence-electron chi connectivity index (χ2n) is 6.41. The minimum atomic E-state index is -0.207. The number of aryl methyl sites for hydroxylation is 1. The fourth-order valence-corrected chi connectivity index (χ4v) is 3.96. The van der Waals surface area contributed by atoms with E-state index in [0.717, 1.165) is 38.6 Å². The van der Waals surface area contributed by atoms with Gasteiger partial charge >= 0.3 is 5.97 Å². The first-order valence-electron chi connectivity index (χ1n) is 8.67. The maximum Gasteiger partial charge on any atom is 0.305 e. The lowest BCUT2D eigenvalue weighted by Gasteiger charge is -2.03. The number of carbonyl (C=O) groups is 2. The van der Waals surface area contributed by atoms with E-state index in [1.165, 1.54) is 7.11 Å². The molecule has 1 amide bonds. The largest absolute Gasteiger partial charge is 0.469 e. The van der Waals surface area contributed by atoms with Crippen LogP contribution in [0.25, 0.3) is 21.8 Å². The molecule has 0 bridgehead atoms. The monoisotopic (exact) mass is 378 g/mol. The minimum absolute atomic E-state index is 0.0323. The van der Waals surface area contributed by atoms with E-state index in [2.05, 4.69) is 11.4 Å². The van der Waals surface area contributed by atoms with Gasteiger partial charge in [-0.2, -0.15) is 0 Å². The van der Waals surface area contributed by atoms with Crippen molar-refractivity contribution in [1.82, 2.24) is 4.98 Å². The van der Waals surface area contributed by atoms with Gasteiger partial charge < -0.3 is 10.1 Å². The Bertz CT molecular complexity index is 1030. The van der Waals surface area contributed by atoms with Crippen molar-refractivity contribution in [1.29, 1.82) is 0 Å². The molecular weight excluding hydrogens is 360 g/mol. The third-order valence-corrected chi connectivity index (χ3v) is 5.44. The smallest absolute Gasteiger partial charge is 0.305 e. The number of nitrogens with zero attached hydrogens (tertiary/aromatic N) is 1. The van der Waals surface area contributed by atoms with Crippen LogP contribution in [0.4, 0.5) is 5.69 Å². The van der Waals surface area contributed by atoms with E-state index in [1.54, 1.807) is 11.3 Å². The highest BCUT2D eigenvalue weighted by molar-refractivity contribution is 7.13. The molecule has 5 nitrogen and oxygen atoms in total. The summed E-state index contributed by atoms with van der Waals surface area (Å²) in [7, 11) is 1.40. The summed E-state index contributed by atoms with van der Waals surface area (Å²) in [4.78, 5) is 27.6. The zero-order valence-corrected chi connectivity index (χ0v) is 15.6. The van der Waals surface area contributed by atoms with Gasteiger partial charge in [0.15, 0.2) is 0 Å². The van der Waals surface area contributed by atoms with Crippen LogP contribution in [-0.4, -0.2) is 24.0 Å². The molecule has 1 aliphatic rings. The van der Waals surface area contributed by atoms with Crippen molar-refractivity contribution in [2.24, 2.45) is 0 Å². The van der Waals surface area contributed by atoms with Gasteiger partial charge in [0.1, 0.15) is 5.01 Å². The molecule has 1 N–H and O–H groups in total. The number of benzene rings is 2. The number of fused-ring (bicyclic) bond motifs is 1. The quantitative estimate of drug-likeness (QED) is 0.680. The Morgan fingerprint density at radius 2 is 2.11 bits per heavy atom. The maximum atomic E-state index is 11.5. The van der Waals surface area contributed by atoms with Crippen molar-refractivity contribution in [2.45, 2.75) is 19.3 Å². The molecule has 6 heteroatoms. The molecule has 0 saturated carbocycles. The number of nitrogens with one attached hydrogen (secondary N) is 1. The van der Waals surface area contributed by atoms with E-state index < -0.39 is 0 Å². The van der Waals surface area contributed by atoms with Gasteiger partial charge in [-0.05, 0) is 35.7 Å². The highest BCUT2D eigenvalue weighted by Crippen LogP contribution is 2.32. The summed E-state index contributed by atoms with van der Waals surface area (Å²) in [5, 5.41) is 5.81. The normalized spacial score (nSPS) is 12.6. The molecule has 0 unspecified atom stereocenters. The first-order valence-corrected chi connectivity index (χ1v) is 9.55. The molecule has 0 atom stereocenters. The third-order valence-electron chi connectivity index (χ3n) is 4.55. The van der Waals surface area contributed by atoms with E-state index in [1.807, 2.05) is 41.8 Å². The molecule has 0 aliphatic carbocycles. The molecule has 0 saturated heterocycles. The maximum absolute atomic E-state index is 11.5. The predicted molar refractivity (Wildman–Crippen MR) is 106 cm³/mol. The van der Waals surface area contributed by atoms with Crippen molar-refractivity contribution < 1.29 is 14.3 Å². The van der Waals surface area contributed by atoms with Gasteiger partial charge in [0.05, 0.1) is 19.2 Å². The molecular formula is C21H18N2O3S. The van der Waals surface area contributed by atoms with Gasteiger partial charge in [0.2, 0.25) is 5.91 Å². The third kappa shape index (κ3) is 3.75. The van der Waals surface area contributed by atoms with Gasteiger partial charge in [0, 0.05) is 28.6 Å². The Morgan fingerprint density at radius 1 is 1.22 bits per heavy atom. The summed E-state index contributed by atoms with van der Waals surface area (Å²) >= 11 is 1.58. The fourth-order valence-electron chi connectivity index (χ4n) is 3.14. The number of amides is 1. The lowest BCUT2D eigenvalue weighted by Crippen LogP contribution is -2.03. The molecule has 3 aromatic rings. The molecule has 0 spiro atoms. The van der Waals surface area contributed by atoms with Gasteiger partial charge in [0.25, 0.3) is 0 Å². The molecule has 27 heavy (non-hydrogen) atoms. The van der Waals surface area contributed by atoms with Crippen molar-refractivity contribution in [3.05, 3.63) is 59.0 Å². The summed E-state index contributed by atoms with van der Waals surface area (Å²) in [5.74, 6) is -0.175. The first kappa shape index (κ1) is 17.4. The van der Waals surface area contributed by atoms with Crippen molar-refractivity contribution >= 4 is 28.9 Å². The highest BCUT2D eigenvalue weighted by atomic mass is 32.1. The minimum Gasteiger partial charge on any atom is -0.469 e. The van der Waals surface area contributed by atoms with E-state index in [4.69, 9.17) is 9.72 Å². The molecule has 0 fully saturated rings. The Morgan fingerprint density at radius 3 is 2.96 bits per heavy atom. The SMILES string of the molecule is COC(=O)CCc1cccc(-c2nc(-c3ccc4c(c3)CC(=O)N4)cs2)c1. The number of anilines is 1. The van der Waals surface area contributed by atoms with Crippen LogP contribution in [-0.2, 0) is 27.2 Å². The Kier molecular flexibility index (Phi) is 4.73. The topological polar surface area (TPSA) is 68.3 Å². The second kappa shape index (κ2) is 7.32. The summed E-state index contributed by atoms with van der Waals surface area (Å²) in [6, 6.07) is 14.0. The van der Waals surface area contributed by atoms with Crippen LogP contribution in [0.2, 0.25) is 0 Å². The van der Waals surface area contributed by atoms with Crippen LogP contribution in [0.15, 0.2) is 47.8 Å². The summed E-state index contributed by atoms with van der Waals surface area (Å²) < 4.78 is 4.70. The van der Waals surface area contributed by atoms with Crippen molar-refractivity contribution in [2.75, 3.05) is 12.4 Å². The zero-order chi connectivity index (χ0) is 18.8. The molecule has 0 radical (unpaired) electrons. The van der Waals surface area contributed by atoms with E-state index in [0.29, 0.717) is 19.3 Å². The molecule has 1 aromatic heterocycles. The average molecular weight is 378 g/mol. The molecule has 4 rings (SSSR count). The van der Waals surface area contributed by atoms with E-state index >= 15 is 0 Å². The Hall–Kier alpha value is -2.99. The first-order chi connectivity index (χ1) is 13.1. The number of ether oxygens (including phenoxy) is 1. The standard InChI is InChI=1S/C21H18N2O3S/c1-26-20(25)8-5-13-3-2-4-15(9-13)21-23-18(12-27-21)14-6-7-17-16(10-14)11-19(24)22-17/h2-4,6-7,9-10,12H,5,8,11H2,1H3,(H,22,24). The van der Waals surface area contributed by atoms with Crippen LogP contribution in [0, 0.1) is 0 Å². The molecule has 1 aliphatic heterocycles. The summed E-state index contributed by atoms with van der Waals surface area (Å²) in [5.41, 5.74) is 5.92. The van der Waals surface area contributed by atoms with E-state index in [9.17, 15) is 9.59 Å². The number of rotatable bonds is 5. The summed E-state index contributed by atoms with van der Waals surface area (Å²) in [6.45, 7) is 0. The van der Waals surface area contributed by atoms with Gasteiger partial charge in [-0.25, -0.2) is 4.98 Å². The van der Waals surface area contributed by atoms with Crippen LogP contribution < -0.4 is 5.32 Å². The van der Waals surface area contributed by atoms with Gasteiger partial charge in [-0.15, -0.1) is 11.3 Å². The van der Waals surface area contributed by atoms with Crippen LogP contribution in [0.3, 0.4) is 0 Å². The number of hydrogen-bond acceptors (Lipinski definition) is 5. The predicted octanol–water partition coefficient (Wildman–Crippen LogP) is 4.08. The zero-order valence-electron chi connectivity index (χ0n) is 14.8. The summed E-state index contributed by atoms with van der Waals surface area (Å²) in [6.07, 6.45) is 1.43. The number of esters is 1. The van der Waals surface area contributed by atoms with Crippen molar-refractivity contribution in [3.8, 4) is 21.8 Å². The fraction of sp³-hybridized carbons (Fsp3) is 0.190. The van der Waals surface area contributed by atoms with Crippen LogP contribution in [0.1, 0.15) is 17.5 Å². The lowest BCUT2D eigenvalue weighted by atomic mass is 10.1. The lowest BCUT2D eigenvalue weighted by molar-refractivity contribution is -0.140. The number of thiazole rings is 1. The number of aromatic nitrogens is 1. The van der Waals surface area contributed by atoms with Gasteiger partial charge in [-0.1, -0.05) is 24.3 Å². The van der Waals surface area contributed by atoms with Crippen molar-refractivity contribution in [3.63, 3.8) is 0 Å². The van der Waals surface area contributed by atoms with E-state index in [-0.39, 0.29) is 11.9 Å².